The third-order valence-electron chi connectivity index (χ3n) is 4.69. The molecule has 1 heterocycles. The fourth-order valence-corrected chi connectivity index (χ4v) is 3.09. The molecule has 0 atom stereocenters. The smallest absolute Gasteiger partial charge is 0.342 e. The molecule has 0 aliphatic carbocycles. The van der Waals surface area contributed by atoms with Crippen LogP contribution in [-0.2, 0) is 20.8 Å². The second-order valence-corrected chi connectivity index (χ2v) is 7.18. The van der Waals surface area contributed by atoms with Crippen molar-refractivity contribution < 1.29 is 28.6 Å². The predicted molar refractivity (Wildman–Crippen MR) is 123 cm³/mol. The number of aromatic nitrogens is 2. The van der Waals surface area contributed by atoms with Crippen molar-refractivity contribution in [1.82, 2.24) is 20.4 Å². The monoisotopic (exact) mass is 466 g/mol. The van der Waals surface area contributed by atoms with Gasteiger partial charge in [0.15, 0.2) is 6.61 Å². The summed E-state index contributed by atoms with van der Waals surface area (Å²) in [4.78, 5) is 36.5. The van der Waals surface area contributed by atoms with Crippen molar-refractivity contribution in [2.75, 3.05) is 34.0 Å². The molecule has 3 rings (SSSR count). The molecule has 1 aromatic heterocycles. The van der Waals surface area contributed by atoms with Crippen LogP contribution in [0.5, 0.6) is 5.75 Å². The number of nitrogens with zero attached hydrogens (tertiary/aromatic N) is 2. The van der Waals surface area contributed by atoms with E-state index in [2.05, 4.69) is 15.7 Å². The van der Waals surface area contributed by atoms with E-state index in [0.717, 1.165) is 5.56 Å². The topological polar surface area (TPSA) is 121 Å². The lowest BCUT2D eigenvalue weighted by atomic mass is 10.1. The molecule has 0 aliphatic rings. The molecule has 0 spiro atoms. The minimum Gasteiger partial charge on any atom is -0.497 e. The number of carbonyl (C=O) groups is 3. The molecular formula is C24H26N4O6. The van der Waals surface area contributed by atoms with Gasteiger partial charge in [0.25, 0.3) is 5.91 Å². The Hall–Kier alpha value is -4.18. The van der Waals surface area contributed by atoms with Crippen LogP contribution < -0.4 is 15.4 Å². The lowest BCUT2D eigenvalue weighted by Gasteiger charge is -2.07. The summed E-state index contributed by atoms with van der Waals surface area (Å²) < 4.78 is 16.9. The van der Waals surface area contributed by atoms with Crippen molar-refractivity contribution in [3.8, 4) is 17.0 Å². The molecule has 0 aliphatic heterocycles. The second-order valence-electron chi connectivity index (χ2n) is 7.18. The average Bonchev–Trinajstić information content (AvgIpc) is 3.27. The van der Waals surface area contributed by atoms with Crippen LogP contribution in [-0.4, -0.2) is 61.7 Å². The van der Waals surface area contributed by atoms with Gasteiger partial charge in [-0.1, -0.05) is 42.5 Å². The lowest BCUT2D eigenvalue weighted by molar-refractivity contribution is -0.123. The Morgan fingerprint density at radius 2 is 1.82 bits per heavy atom. The highest BCUT2D eigenvalue weighted by Gasteiger charge is 2.21. The first-order chi connectivity index (χ1) is 16.5. The van der Waals surface area contributed by atoms with Crippen molar-refractivity contribution in [2.45, 2.75) is 6.54 Å². The number of methoxy groups -OCH3 is 2. The van der Waals surface area contributed by atoms with Gasteiger partial charge >= 0.3 is 12.0 Å². The third kappa shape index (κ3) is 6.91. The second kappa shape index (κ2) is 12.2. The number of esters is 1. The van der Waals surface area contributed by atoms with Gasteiger partial charge in [0, 0.05) is 25.4 Å². The summed E-state index contributed by atoms with van der Waals surface area (Å²) in [6.07, 6.45) is 1.57. The number of hydrogen-bond acceptors (Lipinski definition) is 7. The van der Waals surface area contributed by atoms with Crippen molar-refractivity contribution >= 4 is 17.9 Å². The Labute approximate surface area is 196 Å². The van der Waals surface area contributed by atoms with Gasteiger partial charge in [-0.05, 0) is 17.7 Å². The van der Waals surface area contributed by atoms with E-state index in [1.807, 2.05) is 30.3 Å². The van der Waals surface area contributed by atoms with Gasteiger partial charge in [-0.25, -0.2) is 9.59 Å². The van der Waals surface area contributed by atoms with Crippen LogP contribution in [0.2, 0.25) is 0 Å². The molecule has 178 valence electrons. The van der Waals surface area contributed by atoms with Crippen LogP contribution in [0.15, 0.2) is 60.8 Å². The van der Waals surface area contributed by atoms with Crippen LogP contribution in [0.3, 0.4) is 0 Å². The molecule has 3 aromatic rings. The van der Waals surface area contributed by atoms with E-state index in [1.54, 1.807) is 42.3 Å². The summed E-state index contributed by atoms with van der Waals surface area (Å²) >= 11 is 0. The zero-order chi connectivity index (χ0) is 24.3. The number of nitrogens with one attached hydrogen (secondary N) is 2. The first-order valence-electron chi connectivity index (χ1n) is 10.5. The third-order valence-corrected chi connectivity index (χ3v) is 4.69. The molecule has 3 amide bonds. The van der Waals surface area contributed by atoms with Gasteiger partial charge in [-0.2, -0.15) is 5.10 Å². The number of rotatable bonds is 10. The minimum absolute atomic E-state index is 0.182. The van der Waals surface area contributed by atoms with Gasteiger partial charge in [0.05, 0.1) is 20.3 Å². The fraction of sp³-hybridized carbons (Fsp3) is 0.250. The number of imide groups is 1. The standard InChI is InChI=1S/C24H26N4O6/c1-32-12-11-25-24(31)26-21(29)16-34-23(30)20-15-28(14-17-7-4-3-5-8-17)27-22(20)18-9-6-10-19(13-18)33-2/h3-10,13,15H,11-12,14,16H2,1-2H3,(H2,25,26,29,31). The maximum absolute atomic E-state index is 12.9. The van der Waals surface area contributed by atoms with Crippen molar-refractivity contribution in [1.29, 1.82) is 0 Å². The molecule has 34 heavy (non-hydrogen) atoms. The summed E-state index contributed by atoms with van der Waals surface area (Å²) in [7, 11) is 3.04. The van der Waals surface area contributed by atoms with Gasteiger partial charge in [0.1, 0.15) is 17.0 Å². The highest BCUT2D eigenvalue weighted by Crippen LogP contribution is 2.26. The molecule has 2 N–H and O–H groups in total. The maximum atomic E-state index is 12.9. The van der Waals surface area contributed by atoms with E-state index in [1.165, 1.54) is 7.11 Å². The highest BCUT2D eigenvalue weighted by molar-refractivity contribution is 5.99. The Morgan fingerprint density at radius 3 is 2.56 bits per heavy atom. The Balaban J connectivity index is 1.74. The maximum Gasteiger partial charge on any atom is 0.342 e. The largest absolute Gasteiger partial charge is 0.497 e. The zero-order valence-electron chi connectivity index (χ0n) is 18.9. The van der Waals surface area contributed by atoms with E-state index in [4.69, 9.17) is 14.2 Å². The number of ether oxygens (including phenoxy) is 3. The molecule has 0 saturated heterocycles. The van der Waals surface area contributed by atoms with Crippen LogP contribution in [0.25, 0.3) is 11.3 Å². The van der Waals surface area contributed by atoms with Crippen LogP contribution >= 0.6 is 0 Å². The Kier molecular flexibility index (Phi) is 8.75. The SMILES string of the molecule is COCCNC(=O)NC(=O)COC(=O)c1cn(Cc2ccccc2)nc1-c1cccc(OC)c1. The molecule has 0 fully saturated rings. The number of carbonyl (C=O) groups excluding carboxylic acids is 3. The average molecular weight is 466 g/mol. The number of benzene rings is 2. The number of urea groups is 1. The lowest BCUT2D eigenvalue weighted by Crippen LogP contribution is -2.42. The summed E-state index contributed by atoms with van der Waals surface area (Å²) in [5, 5.41) is 9.10. The molecule has 0 radical (unpaired) electrons. The van der Waals surface area contributed by atoms with E-state index in [-0.39, 0.29) is 12.1 Å². The van der Waals surface area contributed by atoms with Crippen molar-refractivity contribution in [3.63, 3.8) is 0 Å². The molecule has 0 unspecified atom stereocenters. The molecule has 0 bridgehead atoms. The summed E-state index contributed by atoms with van der Waals surface area (Å²) in [6, 6.07) is 16.1. The fourth-order valence-electron chi connectivity index (χ4n) is 3.09. The molecule has 10 heteroatoms. The number of amides is 3. The Bertz CT molecular complexity index is 1130. The highest BCUT2D eigenvalue weighted by atomic mass is 16.5. The van der Waals surface area contributed by atoms with Crippen LogP contribution in [0.1, 0.15) is 15.9 Å². The minimum atomic E-state index is -0.761. The summed E-state index contributed by atoms with van der Waals surface area (Å²) in [6.45, 7) is 0.349. The van der Waals surface area contributed by atoms with Crippen molar-refractivity contribution in [2.24, 2.45) is 0 Å². The molecule has 10 nitrogen and oxygen atoms in total. The quantitative estimate of drug-likeness (QED) is 0.347. The first kappa shape index (κ1) is 24.5. The van der Waals surface area contributed by atoms with Crippen LogP contribution in [0.4, 0.5) is 4.79 Å². The van der Waals surface area contributed by atoms with Gasteiger partial charge in [-0.3, -0.25) is 14.8 Å². The van der Waals surface area contributed by atoms with Gasteiger partial charge < -0.3 is 19.5 Å². The van der Waals surface area contributed by atoms with E-state index in [0.29, 0.717) is 30.2 Å². The normalized spacial score (nSPS) is 10.4. The van der Waals surface area contributed by atoms with Crippen LogP contribution in [0, 0.1) is 0 Å². The van der Waals surface area contributed by atoms with E-state index < -0.39 is 24.5 Å². The molecule has 2 aromatic carbocycles. The summed E-state index contributed by atoms with van der Waals surface area (Å²) in [5.74, 6) is -0.900. The van der Waals surface area contributed by atoms with E-state index in [9.17, 15) is 14.4 Å². The van der Waals surface area contributed by atoms with Gasteiger partial charge in [-0.15, -0.1) is 0 Å². The van der Waals surface area contributed by atoms with E-state index >= 15 is 0 Å². The zero-order valence-corrected chi connectivity index (χ0v) is 18.9. The summed E-state index contributed by atoms with van der Waals surface area (Å²) in [5.41, 5.74) is 2.22. The molecule has 0 saturated carbocycles. The molecular weight excluding hydrogens is 440 g/mol. The number of hydrogen-bond donors (Lipinski definition) is 2. The Morgan fingerprint density at radius 1 is 1.03 bits per heavy atom. The van der Waals surface area contributed by atoms with Gasteiger partial charge in [0.2, 0.25) is 0 Å². The van der Waals surface area contributed by atoms with Crippen molar-refractivity contribution in [3.05, 3.63) is 71.9 Å². The predicted octanol–water partition coefficient (Wildman–Crippen LogP) is 2.24. The first-order valence-corrected chi connectivity index (χ1v) is 10.5.